The van der Waals surface area contributed by atoms with E-state index in [-0.39, 0.29) is 79.2 Å². The molecule has 4 fully saturated rings. The molecule has 0 radical (unpaired) electrons. The van der Waals surface area contributed by atoms with Gasteiger partial charge in [-0.2, -0.15) is 18.0 Å². The number of piperidine rings is 2. The summed E-state index contributed by atoms with van der Waals surface area (Å²) in [6.45, 7) is 3.66. The van der Waals surface area contributed by atoms with Gasteiger partial charge in [-0.15, -0.1) is 0 Å². The number of imide groups is 1. The van der Waals surface area contributed by atoms with Crippen LogP contribution >= 0.6 is 0 Å². The smallest absolute Gasteiger partial charge is 0.301 e. The summed E-state index contributed by atoms with van der Waals surface area (Å²) in [4.78, 5) is 74.2. The van der Waals surface area contributed by atoms with Crippen molar-refractivity contribution in [2.24, 2.45) is 5.92 Å². The van der Waals surface area contributed by atoms with Crippen LogP contribution in [0.15, 0.2) is 83.9 Å². The fourth-order valence-corrected chi connectivity index (χ4v) is 11.4. The lowest BCUT2D eigenvalue weighted by molar-refractivity contribution is -0.137. The Kier molecular flexibility index (Phi) is 12.7. The summed E-state index contributed by atoms with van der Waals surface area (Å²) in [6, 6.07) is 20.3. The fourth-order valence-electron chi connectivity index (χ4n) is 10.1. The van der Waals surface area contributed by atoms with Crippen LogP contribution in [0.4, 0.5) is 20.2 Å². The fraction of sp³-hybridized carbons (Fsp3) is 0.380. The van der Waals surface area contributed by atoms with Gasteiger partial charge in [0.2, 0.25) is 17.7 Å². The minimum Gasteiger partial charge on any atom is -0.490 e. The molecule has 10 rings (SSSR count). The van der Waals surface area contributed by atoms with E-state index in [2.05, 4.69) is 19.9 Å². The van der Waals surface area contributed by atoms with Gasteiger partial charge in [0.05, 0.1) is 22.3 Å². The zero-order valence-electron chi connectivity index (χ0n) is 38.6. The molecular formula is C50H49F2N9O9S. The molecule has 3 saturated heterocycles. The average Bonchev–Trinajstić information content (AvgIpc) is 3.93. The highest BCUT2D eigenvalue weighted by atomic mass is 32.2. The number of amides is 4. The second kappa shape index (κ2) is 19.0. The standard InChI is InChI=1S/C50H49F2N9O9S/c1-29(62)59(35-21-38(22-35)69-36-6-8-39-31(20-36)26-60(49(39)65)45-12-13-46(63)55-48(45)64)25-30-14-17-57(18-15-30)33-2-4-34(5-3-33)61-28-54-43-10-7-37(23-40(43)50(61)66)70-47-41(24-53)44(11-9-42(47)52)56-71(67,68)58-19-16-32(51)27-58/h2-11,20,23,28,30,32,35,38,45,56H,12-19,21-22,25-27H2,1H3,(H,55,63,64)/t32-,35-,38-,45+/m1/s1. The quantitative estimate of drug-likeness (QED) is 0.143. The van der Waals surface area contributed by atoms with Gasteiger partial charge in [-0.25, -0.2) is 13.8 Å². The third-order valence-electron chi connectivity index (χ3n) is 14.1. The number of benzene rings is 4. The average molecular weight is 990 g/mol. The van der Waals surface area contributed by atoms with Crippen molar-refractivity contribution in [1.82, 2.24) is 29.0 Å². The van der Waals surface area contributed by atoms with Crippen LogP contribution in [0.1, 0.15) is 73.4 Å². The van der Waals surface area contributed by atoms with Crippen LogP contribution in [0.2, 0.25) is 0 Å². The normalized spacial score (nSPS) is 21.6. The molecule has 5 heterocycles. The summed E-state index contributed by atoms with van der Waals surface area (Å²) in [7, 11) is -4.25. The van der Waals surface area contributed by atoms with E-state index in [0.717, 1.165) is 53.6 Å². The van der Waals surface area contributed by atoms with Gasteiger partial charge in [0.15, 0.2) is 11.6 Å². The molecule has 2 atom stereocenters. The lowest BCUT2D eigenvalue weighted by Gasteiger charge is -2.44. The van der Waals surface area contributed by atoms with Crippen molar-refractivity contribution in [2.75, 3.05) is 42.3 Å². The van der Waals surface area contributed by atoms with Crippen molar-refractivity contribution in [2.45, 2.75) is 82.8 Å². The number of nitrogens with zero attached hydrogens (tertiary/aromatic N) is 7. The number of nitrogens with one attached hydrogen (secondary N) is 2. The summed E-state index contributed by atoms with van der Waals surface area (Å²) in [5.41, 5.74) is 2.01. The molecule has 2 N–H and O–H groups in total. The minimum absolute atomic E-state index is 0.00414. The van der Waals surface area contributed by atoms with Crippen molar-refractivity contribution in [1.29, 1.82) is 5.26 Å². The Hall–Kier alpha value is -7.44. The van der Waals surface area contributed by atoms with Crippen LogP contribution < -0.4 is 30.0 Å². The molecule has 21 heteroatoms. The highest BCUT2D eigenvalue weighted by Gasteiger charge is 2.41. The molecule has 1 saturated carbocycles. The molecule has 5 aliphatic rings. The SMILES string of the molecule is CC(=O)N(CC1CCN(c2ccc(-n3cnc4ccc(Oc5c(F)ccc(NS(=O)(=O)N6CC[C@@H](F)C6)c5C#N)cc4c3=O)cc2)CC1)[C@H]1C[C@H](Oc2ccc3c(c2)CN([C@H]2CCC(=O)NC2=O)C3=O)C1. The number of hydrogen-bond donors (Lipinski definition) is 2. The maximum atomic E-state index is 15.2. The highest BCUT2D eigenvalue weighted by Crippen LogP contribution is 2.37. The summed E-state index contributed by atoms with van der Waals surface area (Å²) in [5, 5.41) is 12.4. The van der Waals surface area contributed by atoms with E-state index in [1.54, 1.807) is 25.1 Å². The molecule has 0 unspecified atom stereocenters. The third kappa shape index (κ3) is 9.48. The number of fused-ring (bicyclic) bond motifs is 2. The third-order valence-corrected chi connectivity index (χ3v) is 15.6. The van der Waals surface area contributed by atoms with Crippen molar-refractivity contribution in [3.8, 4) is 29.0 Å². The van der Waals surface area contributed by atoms with Crippen LogP contribution in [0, 0.1) is 23.1 Å². The van der Waals surface area contributed by atoms with E-state index in [0.29, 0.717) is 54.2 Å². The lowest BCUT2D eigenvalue weighted by atomic mass is 9.86. The van der Waals surface area contributed by atoms with E-state index >= 15 is 4.39 Å². The first-order valence-corrected chi connectivity index (χ1v) is 25.0. The number of anilines is 2. The van der Waals surface area contributed by atoms with Gasteiger partial charge < -0.3 is 24.2 Å². The van der Waals surface area contributed by atoms with Gasteiger partial charge in [0.25, 0.3) is 11.5 Å². The van der Waals surface area contributed by atoms with Gasteiger partial charge >= 0.3 is 10.2 Å². The first-order valence-electron chi connectivity index (χ1n) is 23.5. The van der Waals surface area contributed by atoms with Gasteiger partial charge in [-0.3, -0.25) is 38.6 Å². The molecule has 5 aromatic rings. The minimum atomic E-state index is -4.25. The maximum Gasteiger partial charge on any atom is 0.301 e. The Bertz CT molecular complexity index is 3190. The van der Waals surface area contributed by atoms with Crippen LogP contribution in [-0.2, 0) is 31.1 Å². The summed E-state index contributed by atoms with van der Waals surface area (Å²) < 4.78 is 71.5. The van der Waals surface area contributed by atoms with Crippen molar-refractivity contribution < 1.29 is 45.9 Å². The first kappa shape index (κ1) is 47.2. The van der Waals surface area contributed by atoms with E-state index in [1.165, 1.54) is 34.0 Å². The number of ether oxygens (including phenoxy) is 2. The van der Waals surface area contributed by atoms with Gasteiger partial charge in [-0.05, 0) is 110 Å². The molecular weight excluding hydrogens is 941 g/mol. The number of carbonyl (C=O) groups excluding carboxylic acids is 4. The predicted octanol–water partition coefficient (Wildman–Crippen LogP) is 5.33. The number of hydrogen-bond acceptors (Lipinski definition) is 12. The molecule has 4 aromatic carbocycles. The highest BCUT2D eigenvalue weighted by molar-refractivity contribution is 7.90. The Balaban J connectivity index is 0.734. The van der Waals surface area contributed by atoms with E-state index in [1.807, 2.05) is 35.2 Å². The monoisotopic (exact) mass is 989 g/mol. The number of alkyl halides is 1. The molecule has 4 amide bonds. The number of halogens is 2. The predicted molar refractivity (Wildman–Crippen MR) is 254 cm³/mol. The molecule has 4 aliphatic heterocycles. The largest absolute Gasteiger partial charge is 0.490 e. The molecule has 368 valence electrons. The van der Waals surface area contributed by atoms with Gasteiger partial charge in [-0.1, -0.05) is 0 Å². The molecule has 0 spiro atoms. The van der Waals surface area contributed by atoms with E-state index in [9.17, 15) is 42.0 Å². The Morgan fingerprint density at radius 3 is 2.39 bits per heavy atom. The number of aromatic nitrogens is 2. The zero-order chi connectivity index (χ0) is 49.7. The molecule has 1 aromatic heterocycles. The number of rotatable bonds is 13. The van der Waals surface area contributed by atoms with Crippen LogP contribution in [0.25, 0.3) is 16.6 Å². The maximum absolute atomic E-state index is 15.2. The van der Waals surface area contributed by atoms with Crippen LogP contribution in [0.3, 0.4) is 0 Å². The van der Waals surface area contributed by atoms with Crippen molar-refractivity contribution in [3.63, 3.8) is 0 Å². The number of carbonyl (C=O) groups is 4. The number of nitriles is 1. The Morgan fingerprint density at radius 1 is 0.944 bits per heavy atom. The zero-order valence-corrected chi connectivity index (χ0v) is 39.4. The van der Waals surface area contributed by atoms with E-state index in [4.69, 9.17) is 9.47 Å². The van der Waals surface area contributed by atoms with Crippen molar-refractivity contribution in [3.05, 3.63) is 112 Å². The summed E-state index contributed by atoms with van der Waals surface area (Å²) >= 11 is 0. The molecule has 71 heavy (non-hydrogen) atoms. The summed E-state index contributed by atoms with van der Waals surface area (Å²) in [5.74, 6) is -1.59. The van der Waals surface area contributed by atoms with Gasteiger partial charge in [0, 0.05) is 82.7 Å². The molecule has 1 aliphatic carbocycles. The van der Waals surface area contributed by atoms with Crippen molar-refractivity contribution >= 4 is 56.1 Å². The Labute approximate surface area is 406 Å². The Morgan fingerprint density at radius 2 is 1.69 bits per heavy atom. The van der Waals surface area contributed by atoms with E-state index < -0.39 is 51.0 Å². The molecule has 18 nitrogen and oxygen atoms in total. The van der Waals surface area contributed by atoms with Gasteiger partial charge in [0.1, 0.15) is 47.8 Å². The second-order valence-electron chi connectivity index (χ2n) is 18.7. The lowest BCUT2D eigenvalue weighted by Crippen LogP contribution is -2.53. The summed E-state index contributed by atoms with van der Waals surface area (Å²) in [6.07, 6.45) is 3.63. The second-order valence-corrected chi connectivity index (χ2v) is 20.3. The topological polar surface area (TPSA) is 217 Å². The van der Waals surface area contributed by atoms with Crippen LogP contribution in [-0.4, -0.2) is 113 Å². The molecule has 0 bridgehead atoms. The van der Waals surface area contributed by atoms with Crippen LogP contribution in [0.5, 0.6) is 17.2 Å². The first-order chi connectivity index (χ1) is 34.1.